The van der Waals surface area contributed by atoms with E-state index in [1.165, 1.54) is 23.1 Å². The summed E-state index contributed by atoms with van der Waals surface area (Å²) in [4.78, 5) is 27.3. The molecule has 6 nitrogen and oxygen atoms in total. The molecular formula is C24H15ClN2O4. The predicted molar refractivity (Wildman–Crippen MR) is 115 cm³/mol. The average Bonchev–Trinajstić information content (AvgIpc) is 3.04. The van der Waals surface area contributed by atoms with Crippen molar-refractivity contribution in [2.45, 2.75) is 6.04 Å². The number of phenolic OH excluding ortho intramolecular Hbond substituents is 1. The molecule has 1 aliphatic rings. The first-order valence-electron chi connectivity index (χ1n) is 9.26. The first kappa shape index (κ1) is 20.2. The van der Waals surface area contributed by atoms with Crippen LogP contribution in [0.3, 0.4) is 0 Å². The number of carbonyl (C=O) groups is 2. The molecule has 1 heterocycles. The number of Topliss-reactive ketones (excluding diaryl/α,β-unsaturated/α-hetero) is 1. The molecule has 0 spiro atoms. The first-order valence-corrected chi connectivity index (χ1v) is 9.64. The lowest BCUT2D eigenvalue weighted by molar-refractivity contribution is -0.132. The molecule has 3 aromatic carbocycles. The minimum atomic E-state index is -0.937. The van der Waals surface area contributed by atoms with E-state index in [0.29, 0.717) is 27.4 Å². The minimum Gasteiger partial charge on any atom is -0.508 e. The van der Waals surface area contributed by atoms with Crippen LogP contribution in [-0.2, 0) is 9.59 Å². The maximum absolute atomic E-state index is 13.0. The Morgan fingerprint density at radius 1 is 1.00 bits per heavy atom. The van der Waals surface area contributed by atoms with Crippen molar-refractivity contribution < 1.29 is 19.8 Å². The number of amides is 1. The topological polar surface area (TPSA) is 102 Å². The van der Waals surface area contributed by atoms with E-state index in [1.54, 1.807) is 54.6 Å². The van der Waals surface area contributed by atoms with Crippen LogP contribution in [0.25, 0.3) is 5.76 Å². The Hall–Kier alpha value is -4.08. The van der Waals surface area contributed by atoms with Gasteiger partial charge in [-0.2, -0.15) is 5.26 Å². The Labute approximate surface area is 182 Å². The number of carbonyl (C=O) groups excluding carboxylic acids is 2. The van der Waals surface area contributed by atoms with Gasteiger partial charge in [0.25, 0.3) is 11.7 Å². The molecule has 3 aromatic rings. The van der Waals surface area contributed by atoms with Gasteiger partial charge in [-0.3, -0.25) is 14.5 Å². The molecule has 1 atom stereocenters. The highest BCUT2D eigenvalue weighted by atomic mass is 35.5. The highest BCUT2D eigenvalue weighted by Gasteiger charge is 2.46. The van der Waals surface area contributed by atoms with Crippen molar-refractivity contribution >= 4 is 34.7 Å². The molecule has 0 saturated carbocycles. The fourth-order valence-electron chi connectivity index (χ4n) is 3.56. The molecule has 7 heteroatoms. The van der Waals surface area contributed by atoms with Crippen LogP contribution in [0, 0.1) is 11.3 Å². The molecule has 1 saturated heterocycles. The predicted octanol–water partition coefficient (Wildman–Crippen LogP) is 4.54. The van der Waals surface area contributed by atoms with Crippen molar-refractivity contribution in [2.24, 2.45) is 0 Å². The highest BCUT2D eigenvalue weighted by Crippen LogP contribution is 2.42. The van der Waals surface area contributed by atoms with Crippen molar-refractivity contribution in [2.75, 3.05) is 4.90 Å². The Morgan fingerprint density at radius 2 is 1.68 bits per heavy atom. The van der Waals surface area contributed by atoms with Gasteiger partial charge in [-0.15, -0.1) is 0 Å². The maximum Gasteiger partial charge on any atom is 0.300 e. The van der Waals surface area contributed by atoms with Crippen molar-refractivity contribution in [3.63, 3.8) is 0 Å². The van der Waals surface area contributed by atoms with E-state index >= 15 is 0 Å². The monoisotopic (exact) mass is 430 g/mol. The number of aliphatic hydroxyl groups is 1. The van der Waals surface area contributed by atoms with Gasteiger partial charge in [0.1, 0.15) is 11.5 Å². The van der Waals surface area contributed by atoms with Crippen molar-refractivity contribution in [1.82, 2.24) is 0 Å². The van der Waals surface area contributed by atoms with Crippen LogP contribution in [0.15, 0.2) is 78.4 Å². The van der Waals surface area contributed by atoms with Gasteiger partial charge in [-0.1, -0.05) is 35.9 Å². The van der Waals surface area contributed by atoms with Crippen LogP contribution >= 0.6 is 11.6 Å². The summed E-state index contributed by atoms with van der Waals surface area (Å²) >= 11 is 6.03. The molecule has 0 aliphatic carbocycles. The lowest BCUT2D eigenvalue weighted by Gasteiger charge is -2.25. The normalized spacial score (nSPS) is 17.5. The number of nitriles is 1. The number of aliphatic hydroxyl groups excluding tert-OH is 1. The Morgan fingerprint density at radius 3 is 2.29 bits per heavy atom. The molecule has 2 N–H and O–H groups in total. The van der Waals surface area contributed by atoms with Gasteiger partial charge in [0.2, 0.25) is 0 Å². The molecule has 0 aromatic heterocycles. The molecule has 4 rings (SSSR count). The molecular weight excluding hydrogens is 416 g/mol. The van der Waals surface area contributed by atoms with Gasteiger partial charge in [-0.05, 0) is 54.1 Å². The smallest absolute Gasteiger partial charge is 0.300 e. The van der Waals surface area contributed by atoms with E-state index in [1.807, 2.05) is 6.07 Å². The maximum atomic E-state index is 13.0. The second-order valence-corrected chi connectivity index (χ2v) is 7.37. The second kappa shape index (κ2) is 7.98. The summed E-state index contributed by atoms with van der Waals surface area (Å²) in [5.41, 5.74) is 1.52. The van der Waals surface area contributed by atoms with Crippen molar-refractivity contribution in [3.05, 3.63) is 100 Å². The number of benzene rings is 3. The van der Waals surface area contributed by atoms with E-state index in [2.05, 4.69) is 0 Å². The number of halogens is 1. The van der Waals surface area contributed by atoms with Gasteiger partial charge in [0.05, 0.1) is 23.2 Å². The van der Waals surface area contributed by atoms with Crippen LogP contribution < -0.4 is 4.90 Å². The minimum absolute atomic E-state index is 0.0221. The third-order valence-corrected chi connectivity index (χ3v) is 5.26. The standard InChI is InChI=1S/C24H15ClN2O4/c25-17-3-1-2-16(12-17)22(29)20-21(15-6-10-19(28)11-7-15)27(24(31)23(20)30)18-8-4-14(13-26)5-9-18/h1-12,21,28-29H/b22-20-. The Bertz CT molecular complexity index is 1260. The zero-order valence-corrected chi connectivity index (χ0v) is 16.7. The number of anilines is 1. The fourth-order valence-corrected chi connectivity index (χ4v) is 3.75. The van der Waals surface area contributed by atoms with E-state index in [4.69, 9.17) is 16.9 Å². The van der Waals surface area contributed by atoms with Gasteiger partial charge in [0, 0.05) is 16.3 Å². The number of ketones is 1. The summed E-state index contributed by atoms with van der Waals surface area (Å²) in [5.74, 6) is -1.99. The zero-order chi connectivity index (χ0) is 22.1. The third kappa shape index (κ3) is 3.63. The summed E-state index contributed by atoms with van der Waals surface area (Å²) < 4.78 is 0. The average molecular weight is 431 g/mol. The van der Waals surface area contributed by atoms with Crippen LogP contribution in [0.5, 0.6) is 5.75 Å². The van der Waals surface area contributed by atoms with Gasteiger partial charge >= 0.3 is 0 Å². The SMILES string of the molecule is N#Cc1ccc(N2C(=O)C(=O)/C(=C(\O)c3cccc(Cl)c3)C2c2ccc(O)cc2)cc1. The van der Waals surface area contributed by atoms with Gasteiger partial charge < -0.3 is 10.2 Å². The van der Waals surface area contributed by atoms with E-state index in [9.17, 15) is 19.8 Å². The molecule has 0 radical (unpaired) electrons. The van der Waals surface area contributed by atoms with Gasteiger partial charge in [-0.25, -0.2) is 0 Å². The third-order valence-electron chi connectivity index (χ3n) is 5.03. The summed E-state index contributed by atoms with van der Waals surface area (Å²) in [6.07, 6.45) is 0. The summed E-state index contributed by atoms with van der Waals surface area (Å²) in [6, 6.07) is 19.7. The summed E-state index contributed by atoms with van der Waals surface area (Å²) in [7, 11) is 0. The van der Waals surface area contributed by atoms with Crippen LogP contribution in [0.4, 0.5) is 5.69 Å². The lowest BCUT2D eigenvalue weighted by atomic mass is 9.95. The first-order chi connectivity index (χ1) is 14.9. The molecule has 1 unspecified atom stereocenters. The van der Waals surface area contributed by atoms with Crippen molar-refractivity contribution in [1.29, 1.82) is 5.26 Å². The summed E-state index contributed by atoms with van der Waals surface area (Å²) in [5, 5.41) is 30.1. The van der Waals surface area contributed by atoms with Crippen LogP contribution in [-0.4, -0.2) is 21.9 Å². The Kier molecular flexibility index (Phi) is 5.20. The number of aromatic hydroxyl groups is 1. The Balaban J connectivity index is 1.94. The second-order valence-electron chi connectivity index (χ2n) is 6.93. The number of hydrogen-bond donors (Lipinski definition) is 2. The lowest BCUT2D eigenvalue weighted by Crippen LogP contribution is -2.29. The van der Waals surface area contributed by atoms with E-state index in [0.717, 1.165) is 0 Å². The number of rotatable bonds is 3. The number of hydrogen-bond acceptors (Lipinski definition) is 5. The molecule has 0 bridgehead atoms. The van der Waals surface area contributed by atoms with Crippen LogP contribution in [0.2, 0.25) is 5.02 Å². The quantitative estimate of drug-likeness (QED) is 0.360. The molecule has 1 aliphatic heterocycles. The van der Waals surface area contributed by atoms with Crippen LogP contribution in [0.1, 0.15) is 22.7 Å². The van der Waals surface area contributed by atoms with E-state index < -0.39 is 17.7 Å². The molecule has 152 valence electrons. The zero-order valence-electron chi connectivity index (χ0n) is 16.0. The van der Waals surface area contributed by atoms with Gasteiger partial charge in [0.15, 0.2) is 0 Å². The fraction of sp³-hybridized carbons (Fsp3) is 0.0417. The van der Waals surface area contributed by atoms with Crippen molar-refractivity contribution in [3.8, 4) is 11.8 Å². The molecule has 31 heavy (non-hydrogen) atoms. The van der Waals surface area contributed by atoms with E-state index in [-0.39, 0.29) is 17.1 Å². The molecule has 1 amide bonds. The number of phenols is 1. The molecule has 1 fully saturated rings. The largest absolute Gasteiger partial charge is 0.508 e. The summed E-state index contributed by atoms with van der Waals surface area (Å²) in [6.45, 7) is 0. The highest BCUT2D eigenvalue weighted by molar-refractivity contribution is 6.51. The number of nitrogens with zero attached hydrogens (tertiary/aromatic N) is 2.